The number of hydrogen-bond donors (Lipinski definition) is 1. The van der Waals surface area contributed by atoms with Gasteiger partial charge in [0.05, 0.1) is 0 Å². The first-order valence-corrected chi connectivity index (χ1v) is 6.03. The van der Waals surface area contributed by atoms with Crippen LogP contribution in [0.3, 0.4) is 0 Å². The minimum atomic E-state index is 0.849. The van der Waals surface area contributed by atoms with Crippen molar-refractivity contribution in [3.05, 3.63) is 59.7 Å². The van der Waals surface area contributed by atoms with Crippen molar-refractivity contribution < 1.29 is 0 Å². The van der Waals surface area contributed by atoms with Crippen molar-refractivity contribution in [3.8, 4) is 0 Å². The van der Waals surface area contributed by atoms with Crippen molar-refractivity contribution in [3.63, 3.8) is 0 Å². The highest BCUT2D eigenvalue weighted by Gasteiger charge is 2.06. The van der Waals surface area contributed by atoms with Crippen molar-refractivity contribution in [2.24, 2.45) is 0 Å². The standard InChI is InChI=1S/C16H19N/c1-4-9-17-11-16-13(3)12(2)10-14-7-5-6-8-15(14)16/h4-8,10,17H,1,9,11H2,2-3H3. The molecule has 0 aliphatic carbocycles. The zero-order valence-electron chi connectivity index (χ0n) is 10.6. The van der Waals surface area contributed by atoms with Gasteiger partial charge in [-0.25, -0.2) is 0 Å². The van der Waals surface area contributed by atoms with E-state index in [4.69, 9.17) is 0 Å². The lowest BCUT2D eigenvalue weighted by Gasteiger charge is -2.13. The maximum absolute atomic E-state index is 3.73. The van der Waals surface area contributed by atoms with E-state index < -0.39 is 0 Å². The molecule has 0 radical (unpaired) electrons. The Balaban J connectivity index is 2.49. The molecule has 2 aromatic rings. The smallest absolute Gasteiger partial charge is 0.0217 e. The minimum Gasteiger partial charge on any atom is -0.309 e. The van der Waals surface area contributed by atoms with Crippen molar-refractivity contribution in [2.45, 2.75) is 20.4 Å². The molecule has 0 saturated heterocycles. The van der Waals surface area contributed by atoms with E-state index in [1.54, 1.807) is 0 Å². The van der Waals surface area contributed by atoms with Gasteiger partial charge in [-0.1, -0.05) is 36.4 Å². The van der Waals surface area contributed by atoms with Crippen molar-refractivity contribution in [1.82, 2.24) is 5.32 Å². The van der Waals surface area contributed by atoms with Gasteiger partial charge in [0.1, 0.15) is 0 Å². The second-order valence-corrected chi connectivity index (χ2v) is 4.44. The molecule has 0 aliphatic heterocycles. The zero-order valence-corrected chi connectivity index (χ0v) is 10.6. The van der Waals surface area contributed by atoms with E-state index >= 15 is 0 Å². The highest BCUT2D eigenvalue weighted by atomic mass is 14.8. The fraction of sp³-hybridized carbons (Fsp3) is 0.250. The number of aryl methyl sites for hydroxylation is 1. The summed E-state index contributed by atoms with van der Waals surface area (Å²) in [6.07, 6.45) is 1.90. The Hall–Kier alpha value is -1.60. The van der Waals surface area contributed by atoms with E-state index in [0.717, 1.165) is 13.1 Å². The van der Waals surface area contributed by atoms with Gasteiger partial charge in [-0.3, -0.25) is 0 Å². The maximum atomic E-state index is 3.73. The summed E-state index contributed by atoms with van der Waals surface area (Å²) in [5.41, 5.74) is 4.15. The van der Waals surface area contributed by atoms with Crippen LogP contribution >= 0.6 is 0 Å². The van der Waals surface area contributed by atoms with Gasteiger partial charge < -0.3 is 5.32 Å². The lowest BCUT2D eigenvalue weighted by Crippen LogP contribution is -2.14. The molecule has 0 spiro atoms. The number of rotatable bonds is 4. The maximum Gasteiger partial charge on any atom is 0.0217 e. The van der Waals surface area contributed by atoms with Crippen molar-refractivity contribution in [2.75, 3.05) is 6.54 Å². The summed E-state index contributed by atoms with van der Waals surface area (Å²) in [5, 5.41) is 6.07. The van der Waals surface area contributed by atoms with E-state index in [2.05, 4.69) is 56.1 Å². The van der Waals surface area contributed by atoms with Crippen LogP contribution < -0.4 is 5.32 Å². The van der Waals surface area contributed by atoms with E-state index in [9.17, 15) is 0 Å². The molecule has 0 bridgehead atoms. The molecule has 0 atom stereocenters. The Bertz CT molecular complexity index is 540. The van der Waals surface area contributed by atoms with Crippen LogP contribution in [0.15, 0.2) is 43.0 Å². The Kier molecular flexibility index (Phi) is 3.60. The van der Waals surface area contributed by atoms with Crippen LogP contribution in [-0.2, 0) is 6.54 Å². The van der Waals surface area contributed by atoms with Gasteiger partial charge in [-0.15, -0.1) is 6.58 Å². The Labute approximate surface area is 103 Å². The summed E-state index contributed by atoms with van der Waals surface area (Å²) >= 11 is 0. The Morgan fingerprint density at radius 1 is 1.24 bits per heavy atom. The molecule has 0 amide bonds. The topological polar surface area (TPSA) is 12.0 Å². The zero-order chi connectivity index (χ0) is 12.3. The number of benzene rings is 2. The van der Waals surface area contributed by atoms with Gasteiger partial charge >= 0.3 is 0 Å². The molecule has 0 heterocycles. The number of fused-ring (bicyclic) bond motifs is 1. The Morgan fingerprint density at radius 3 is 2.76 bits per heavy atom. The van der Waals surface area contributed by atoms with Crippen LogP contribution in [0, 0.1) is 13.8 Å². The highest BCUT2D eigenvalue weighted by molar-refractivity contribution is 5.87. The second-order valence-electron chi connectivity index (χ2n) is 4.44. The third-order valence-corrected chi connectivity index (χ3v) is 3.29. The van der Waals surface area contributed by atoms with E-state index in [1.165, 1.54) is 27.5 Å². The summed E-state index contributed by atoms with van der Waals surface area (Å²) in [6.45, 7) is 9.86. The molecule has 0 fully saturated rings. The van der Waals surface area contributed by atoms with Crippen molar-refractivity contribution >= 4 is 10.8 Å². The molecular formula is C16H19N. The molecule has 0 saturated carbocycles. The van der Waals surface area contributed by atoms with Gasteiger partial charge in [-0.2, -0.15) is 0 Å². The SMILES string of the molecule is C=CCNCc1c(C)c(C)cc2ccccc12. The predicted octanol–water partition coefficient (Wildman–Crippen LogP) is 3.73. The monoisotopic (exact) mass is 225 g/mol. The number of hydrogen-bond acceptors (Lipinski definition) is 1. The lowest BCUT2D eigenvalue weighted by atomic mass is 9.95. The normalized spacial score (nSPS) is 10.7. The van der Waals surface area contributed by atoms with Crippen LogP contribution in [0.5, 0.6) is 0 Å². The summed E-state index contributed by atoms with van der Waals surface area (Å²) in [7, 11) is 0. The first kappa shape index (κ1) is 11.9. The molecule has 2 rings (SSSR count). The van der Waals surface area contributed by atoms with Gasteiger partial charge in [0.15, 0.2) is 0 Å². The Morgan fingerprint density at radius 2 is 2.00 bits per heavy atom. The third-order valence-electron chi connectivity index (χ3n) is 3.29. The largest absolute Gasteiger partial charge is 0.309 e. The third kappa shape index (κ3) is 2.40. The quantitative estimate of drug-likeness (QED) is 0.617. The average molecular weight is 225 g/mol. The summed E-state index contributed by atoms with van der Waals surface area (Å²) in [5.74, 6) is 0. The predicted molar refractivity (Wildman–Crippen MR) is 75.3 cm³/mol. The summed E-state index contributed by atoms with van der Waals surface area (Å²) < 4.78 is 0. The molecule has 88 valence electrons. The first-order valence-electron chi connectivity index (χ1n) is 6.03. The molecule has 17 heavy (non-hydrogen) atoms. The molecule has 1 N–H and O–H groups in total. The van der Waals surface area contributed by atoms with Crippen LogP contribution in [0.1, 0.15) is 16.7 Å². The van der Waals surface area contributed by atoms with E-state index in [-0.39, 0.29) is 0 Å². The van der Waals surface area contributed by atoms with Gasteiger partial charge in [0, 0.05) is 13.1 Å². The molecule has 1 heteroatoms. The van der Waals surface area contributed by atoms with Crippen molar-refractivity contribution in [1.29, 1.82) is 0 Å². The van der Waals surface area contributed by atoms with E-state index in [1.807, 2.05) is 6.08 Å². The van der Waals surface area contributed by atoms with Crippen LogP contribution in [-0.4, -0.2) is 6.54 Å². The lowest BCUT2D eigenvalue weighted by molar-refractivity contribution is 0.760. The fourth-order valence-corrected chi connectivity index (χ4v) is 2.21. The highest BCUT2D eigenvalue weighted by Crippen LogP contribution is 2.25. The van der Waals surface area contributed by atoms with Gasteiger partial charge in [-0.05, 0) is 41.3 Å². The number of nitrogens with one attached hydrogen (secondary N) is 1. The molecular weight excluding hydrogens is 206 g/mol. The van der Waals surface area contributed by atoms with Crippen LogP contribution in [0.4, 0.5) is 0 Å². The van der Waals surface area contributed by atoms with Gasteiger partial charge in [0.2, 0.25) is 0 Å². The first-order chi connectivity index (χ1) is 8.24. The minimum absolute atomic E-state index is 0.849. The summed E-state index contributed by atoms with van der Waals surface area (Å²) in [4.78, 5) is 0. The molecule has 1 nitrogen and oxygen atoms in total. The molecule has 0 aliphatic rings. The summed E-state index contributed by atoms with van der Waals surface area (Å²) in [6, 6.07) is 10.8. The molecule has 2 aromatic carbocycles. The van der Waals surface area contributed by atoms with E-state index in [0.29, 0.717) is 0 Å². The van der Waals surface area contributed by atoms with Crippen LogP contribution in [0.25, 0.3) is 10.8 Å². The molecule has 0 aromatic heterocycles. The molecule has 0 unspecified atom stereocenters. The van der Waals surface area contributed by atoms with Crippen LogP contribution in [0.2, 0.25) is 0 Å². The van der Waals surface area contributed by atoms with Gasteiger partial charge in [0.25, 0.3) is 0 Å². The fourth-order valence-electron chi connectivity index (χ4n) is 2.21. The second kappa shape index (κ2) is 5.15. The average Bonchev–Trinajstić information content (AvgIpc) is 2.34.